The highest BCUT2D eigenvalue weighted by Gasteiger charge is 2.13. The summed E-state index contributed by atoms with van der Waals surface area (Å²) in [5, 5.41) is 17.6. The minimum Gasteiger partial charge on any atom is -0.475 e. The Hall–Kier alpha value is -1.67. The largest absolute Gasteiger partial charge is 0.475 e. The zero-order chi connectivity index (χ0) is 11.3. The molecule has 0 aliphatic carbocycles. The van der Waals surface area contributed by atoms with Gasteiger partial charge in [0, 0.05) is 12.3 Å². The Balaban J connectivity index is 2.87. The van der Waals surface area contributed by atoms with Gasteiger partial charge in [-0.05, 0) is 13.8 Å². The topological polar surface area (TPSA) is 79.0 Å². The van der Waals surface area contributed by atoms with Gasteiger partial charge < -0.3 is 9.84 Å². The molecule has 0 saturated carbocycles. The Kier molecular flexibility index (Phi) is 4.01. The van der Waals surface area contributed by atoms with Crippen molar-refractivity contribution in [1.29, 1.82) is 5.26 Å². The first-order chi connectivity index (χ1) is 7.17. The van der Waals surface area contributed by atoms with Crippen LogP contribution in [0.3, 0.4) is 0 Å². The molecule has 1 atom stereocenters. The fourth-order valence-electron chi connectivity index (χ4n) is 1.01. The van der Waals surface area contributed by atoms with E-state index in [2.05, 4.69) is 9.97 Å². The number of hydrogen-bond donors (Lipinski definition) is 1. The van der Waals surface area contributed by atoms with Gasteiger partial charge in [0.1, 0.15) is 5.92 Å². The molecule has 15 heavy (non-hydrogen) atoms. The van der Waals surface area contributed by atoms with E-state index >= 15 is 0 Å². The minimum absolute atomic E-state index is 0.0161. The maximum Gasteiger partial charge on any atom is 0.216 e. The molecular formula is C10H13N3O2. The van der Waals surface area contributed by atoms with Gasteiger partial charge in [-0.1, -0.05) is 0 Å². The van der Waals surface area contributed by atoms with Crippen LogP contribution >= 0.6 is 0 Å². The van der Waals surface area contributed by atoms with Gasteiger partial charge in [-0.3, -0.25) is 0 Å². The van der Waals surface area contributed by atoms with Gasteiger partial charge in [0.05, 0.1) is 18.8 Å². The van der Waals surface area contributed by atoms with Crippen molar-refractivity contribution in [3.05, 3.63) is 18.1 Å². The van der Waals surface area contributed by atoms with Crippen LogP contribution in [0.4, 0.5) is 0 Å². The van der Waals surface area contributed by atoms with Crippen LogP contribution < -0.4 is 4.74 Å². The van der Waals surface area contributed by atoms with E-state index in [4.69, 9.17) is 15.1 Å². The Morgan fingerprint density at radius 3 is 2.87 bits per heavy atom. The van der Waals surface area contributed by atoms with Gasteiger partial charge >= 0.3 is 0 Å². The highest BCUT2D eigenvalue weighted by atomic mass is 16.5. The van der Waals surface area contributed by atoms with Crippen molar-refractivity contribution in [3.8, 4) is 11.9 Å². The normalized spacial score (nSPS) is 12.2. The van der Waals surface area contributed by atoms with Gasteiger partial charge in [0.2, 0.25) is 5.88 Å². The number of nitriles is 1. The Labute approximate surface area is 88.4 Å². The molecule has 0 amide bonds. The molecule has 5 nitrogen and oxygen atoms in total. The molecule has 0 aliphatic heterocycles. The molecule has 0 aromatic carbocycles. The molecule has 0 spiro atoms. The standard InChI is InChI=1S/C10H13N3O2/c1-7(2)15-9-3-4-12-10(13-9)8(5-11)6-14/h3-4,7-8,14H,6H2,1-2H3. The fraction of sp³-hybridized carbons (Fsp3) is 0.500. The van der Waals surface area contributed by atoms with Crippen LogP contribution in [0.15, 0.2) is 12.3 Å². The van der Waals surface area contributed by atoms with Crippen molar-refractivity contribution < 1.29 is 9.84 Å². The van der Waals surface area contributed by atoms with Gasteiger partial charge in [0.15, 0.2) is 5.82 Å². The molecule has 1 aromatic rings. The molecular weight excluding hydrogens is 194 g/mol. The predicted molar refractivity (Wildman–Crippen MR) is 53.2 cm³/mol. The number of aliphatic hydroxyl groups is 1. The third-order valence-electron chi connectivity index (χ3n) is 1.66. The van der Waals surface area contributed by atoms with Gasteiger partial charge in [0.25, 0.3) is 0 Å². The summed E-state index contributed by atoms with van der Waals surface area (Å²) in [5.41, 5.74) is 0. The lowest BCUT2D eigenvalue weighted by Crippen LogP contribution is -2.11. The van der Waals surface area contributed by atoms with E-state index in [0.717, 1.165) is 0 Å². The average Bonchev–Trinajstić information content (AvgIpc) is 2.19. The van der Waals surface area contributed by atoms with Crippen molar-refractivity contribution in [2.24, 2.45) is 0 Å². The van der Waals surface area contributed by atoms with Crippen LogP contribution in [-0.2, 0) is 0 Å². The maximum absolute atomic E-state index is 8.91. The van der Waals surface area contributed by atoms with E-state index in [0.29, 0.717) is 5.88 Å². The monoisotopic (exact) mass is 207 g/mol. The summed E-state index contributed by atoms with van der Waals surface area (Å²) < 4.78 is 5.35. The molecule has 0 aliphatic rings. The highest BCUT2D eigenvalue weighted by Crippen LogP contribution is 2.13. The third kappa shape index (κ3) is 3.18. The molecule has 1 rings (SSSR count). The molecule has 1 heterocycles. The third-order valence-corrected chi connectivity index (χ3v) is 1.66. The first kappa shape index (κ1) is 11.4. The van der Waals surface area contributed by atoms with E-state index in [1.807, 2.05) is 19.9 Å². The molecule has 1 aromatic heterocycles. The lowest BCUT2D eigenvalue weighted by atomic mass is 10.2. The summed E-state index contributed by atoms with van der Waals surface area (Å²) in [7, 11) is 0. The molecule has 80 valence electrons. The van der Waals surface area contributed by atoms with Crippen molar-refractivity contribution in [1.82, 2.24) is 9.97 Å². The molecule has 1 N–H and O–H groups in total. The van der Waals surface area contributed by atoms with Crippen molar-refractivity contribution >= 4 is 0 Å². The first-order valence-electron chi connectivity index (χ1n) is 4.67. The van der Waals surface area contributed by atoms with Crippen LogP contribution in [0.2, 0.25) is 0 Å². The molecule has 0 radical (unpaired) electrons. The Morgan fingerprint density at radius 2 is 2.33 bits per heavy atom. The smallest absolute Gasteiger partial charge is 0.216 e. The quantitative estimate of drug-likeness (QED) is 0.792. The number of aliphatic hydroxyl groups excluding tert-OH is 1. The second kappa shape index (κ2) is 5.27. The number of hydrogen-bond acceptors (Lipinski definition) is 5. The minimum atomic E-state index is -0.694. The molecule has 1 unspecified atom stereocenters. The average molecular weight is 207 g/mol. The predicted octanol–water partition coefficient (Wildman–Crippen LogP) is 0.863. The summed E-state index contributed by atoms with van der Waals surface area (Å²) >= 11 is 0. The number of ether oxygens (including phenoxy) is 1. The van der Waals surface area contributed by atoms with Crippen LogP contribution in [0.5, 0.6) is 5.88 Å². The SMILES string of the molecule is CC(C)Oc1ccnc(C(C#N)CO)n1. The zero-order valence-electron chi connectivity index (χ0n) is 8.71. The van der Waals surface area contributed by atoms with Crippen LogP contribution in [0, 0.1) is 11.3 Å². The number of nitrogens with zero attached hydrogens (tertiary/aromatic N) is 3. The van der Waals surface area contributed by atoms with E-state index < -0.39 is 5.92 Å². The second-order valence-corrected chi connectivity index (χ2v) is 3.28. The molecule has 0 saturated heterocycles. The Bertz CT molecular complexity index is 360. The van der Waals surface area contributed by atoms with Crippen LogP contribution in [-0.4, -0.2) is 27.8 Å². The van der Waals surface area contributed by atoms with E-state index in [1.165, 1.54) is 6.20 Å². The molecule has 5 heteroatoms. The zero-order valence-corrected chi connectivity index (χ0v) is 8.71. The summed E-state index contributed by atoms with van der Waals surface area (Å²) in [6, 6.07) is 3.54. The van der Waals surface area contributed by atoms with Crippen LogP contribution in [0.25, 0.3) is 0 Å². The highest BCUT2D eigenvalue weighted by molar-refractivity contribution is 5.15. The van der Waals surface area contributed by atoms with Gasteiger partial charge in [-0.2, -0.15) is 10.2 Å². The second-order valence-electron chi connectivity index (χ2n) is 3.28. The Morgan fingerprint density at radius 1 is 1.60 bits per heavy atom. The van der Waals surface area contributed by atoms with E-state index in [9.17, 15) is 0 Å². The summed E-state index contributed by atoms with van der Waals surface area (Å²) in [4.78, 5) is 7.95. The number of rotatable bonds is 4. The van der Waals surface area contributed by atoms with E-state index in [-0.39, 0.29) is 18.5 Å². The fourth-order valence-corrected chi connectivity index (χ4v) is 1.01. The van der Waals surface area contributed by atoms with Crippen molar-refractivity contribution in [2.75, 3.05) is 6.61 Å². The van der Waals surface area contributed by atoms with E-state index in [1.54, 1.807) is 6.07 Å². The summed E-state index contributed by atoms with van der Waals surface area (Å²) in [6.45, 7) is 3.48. The van der Waals surface area contributed by atoms with Crippen molar-refractivity contribution in [2.45, 2.75) is 25.9 Å². The molecule has 0 fully saturated rings. The van der Waals surface area contributed by atoms with Crippen LogP contribution in [0.1, 0.15) is 25.6 Å². The summed E-state index contributed by atoms with van der Waals surface area (Å²) in [6.07, 6.45) is 1.53. The van der Waals surface area contributed by atoms with Crippen molar-refractivity contribution in [3.63, 3.8) is 0 Å². The summed E-state index contributed by atoms with van der Waals surface area (Å²) in [5.74, 6) is 0.0163. The lowest BCUT2D eigenvalue weighted by molar-refractivity contribution is 0.230. The number of aromatic nitrogens is 2. The lowest BCUT2D eigenvalue weighted by Gasteiger charge is -2.10. The van der Waals surface area contributed by atoms with Gasteiger partial charge in [-0.15, -0.1) is 0 Å². The molecule has 0 bridgehead atoms. The maximum atomic E-state index is 8.91. The van der Waals surface area contributed by atoms with Gasteiger partial charge in [-0.25, -0.2) is 4.98 Å². The first-order valence-corrected chi connectivity index (χ1v) is 4.67.